The van der Waals surface area contributed by atoms with Crippen molar-refractivity contribution < 1.29 is 4.79 Å². The Hall–Kier alpha value is -2.81. The second-order valence-corrected chi connectivity index (χ2v) is 8.59. The van der Waals surface area contributed by atoms with Gasteiger partial charge in [-0.15, -0.1) is 0 Å². The number of rotatable bonds is 2. The minimum atomic E-state index is -0.0260. The highest BCUT2D eigenvalue weighted by Crippen LogP contribution is 2.54. The summed E-state index contributed by atoms with van der Waals surface area (Å²) in [5.41, 5.74) is 5.88. The maximum atomic E-state index is 12.9. The van der Waals surface area contributed by atoms with Gasteiger partial charge in [-0.2, -0.15) is 0 Å². The molecule has 0 unspecified atom stereocenters. The van der Waals surface area contributed by atoms with Crippen LogP contribution in [0, 0.1) is 11.8 Å². The molecule has 3 heteroatoms. The number of hydrogen-bond acceptors (Lipinski definition) is 2. The minimum Gasteiger partial charge on any atom is -0.370 e. The summed E-state index contributed by atoms with van der Waals surface area (Å²) < 4.78 is 0. The molecule has 6 rings (SSSR count). The van der Waals surface area contributed by atoms with Crippen LogP contribution in [0.5, 0.6) is 0 Å². The molecule has 1 amide bonds. The summed E-state index contributed by atoms with van der Waals surface area (Å²) in [6, 6.07) is 13.9. The zero-order valence-corrected chi connectivity index (χ0v) is 15.8. The average Bonchev–Trinajstić information content (AvgIpc) is 3.39. The van der Waals surface area contributed by atoms with E-state index in [1.165, 1.54) is 23.2 Å². The van der Waals surface area contributed by atoms with E-state index in [4.69, 9.17) is 0 Å². The van der Waals surface area contributed by atoms with Crippen LogP contribution in [0.4, 0.5) is 11.4 Å². The van der Waals surface area contributed by atoms with Gasteiger partial charge in [0.15, 0.2) is 0 Å². The maximum absolute atomic E-state index is 12.9. The Balaban J connectivity index is 1.47. The first-order chi connectivity index (χ1) is 13.8. The van der Waals surface area contributed by atoms with Gasteiger partial charge >= 0.3 is 0 Å². The van der Waals surface area contributed by atoms with Crippen LogP contribution in [0.15, 0.2) is 66.8 Å². The molecular formula is C25H24N2O. The van der Waals surface area contributed by atoms with Crippen LogP contribution < -0.4 is 10.2 Å². The van der Waals surface area contributed by atoms with Crippen molar-refractivity contribution in [2.24, 2.45) is 11.8 Å². The molecule has 140 valence electrons. The van der Waals surface area contributed by atoms with Crippen molar-refractivity contribution in [3.63, 3.8) is 0 Å². The largest absolute Gasteiger partial charge is 0.370 e. The number of amides is 1. The summed E-state index contributed by atoms with van der Waals surface area (Å²) in [6.07, 6.45) is 11.8. The molecule has 0 spiro atoms. The van der Waals surface area contributed by atoms with Crippen LogP contribution in [0.1, 0.15) is 46.2 Å². The van der Waals surface area contributed by atoms with Gasteiger partial charge in [-0.25, -0.2) is 0 Å². The summed E-state index contributed by atoms with van der Waals surface area (Å²) in [6.45, 7) is 2.27. The quantitative estimate of drug-likeness (QED) is 0.749. The van der Waals surface area contributed by atoms with E-state index in [1.807, 2.05) is 30.3 Å². The normalized spacial score (nSPS) is 28.6. The van der Waals surface area contributed by atoms with E-state index >= 15 is 0 Å². The highest BCUT2D eigenvalue weighted by atomic mass is 16.1. The van der Waals surface area contributed by atoms with E-state index in [2.05, 4.69) is 46.7 Å². The molecule has 2 aliphatic heterocycles. The van der Waals surface area contributed by atoms with Crippen molar-refractivity contribution in [2.75, 3.05) is 23.3 Å². The van der Waals surface area contributed by atoms with Crippen LogP contribution in [0.3, 0.4) is 0 Å². The van der Waals surface area contributed by atoms with Gasteiger partial charge in [0.1, 0.15) is 0 Å². The van der Waals surface area contributed by atoms with Crippen molar-refractivity contribution in [1.82, 2.24) is 0 Å². The smallest absolute Gasteiger partial charge is 0.255 e. The molecule has 0 aromatic heterocycles. The van der Waals surface area contributed by atoms with Crippen LogP contribution in [0.25, 0.3) is 0 Å². The summed E-state index contributed by atoms with van der Waals surface area (Å²) in [7, 11) is 0. The van der Waals surface area contributed by atoms with Crippen molar-refractivity contribution >= 4 is 17.3 Å². The van der Waals surface area contributed by atoms with Crippen molar-refractivity contribution in [1.29, 1.82) is 0 Å². The summed E-state index contributed by atoms with van der Waals surface area (Å²) in [5, 5.41) is 3.24. The van der Waals surface area contributed by atoms with Gasteiger partial charge in [0, 0.05) is 47.4 Å². The van der Waals surface area contributed by atoms with Crippen molar-refractivity contribution in [3.8, 4) is 0 Å². The SMILES string of the molecule is O=C(Nc1ccc2c3c1[C@@H]1C=CC[C@H]1CN3C[C@H]1CC=C[C@H]21)c1ccccc1. The lowest BCUT2D eigenvalue weighted by atomic mass is 9.74. The van der Waals surface area contributed by atoms with Gasteiger partial charge in [-0.1, -0.05) is 48.6 Å². The number of nitrogens with one attached hydrogen (secondary N) is 1. The second kappa shape index (κ2) is 6.10. The van der Waals surface area contributed by atoms with E-state index in [0.717, 1.165) is 25.2 Å². The predicted octanol–water partition coefficient (Wildman–Crippen LogP) is 5.09. The van der Waals surface area contributed by atoms with Crippen molar-refractivity contribution in [2.45, 2.75) is 24.7 Å². The summed E-state index contributed by atoms with van der Waals surface area (Å²) in [4.78, 5) is 15.5. The van der Waals surface area contributed by atoms with E-state index in [9.17, 15) is 4.79 Å². The average molecular weight is 368 g/mol. The first-order valence-electron chi connectivity index (χ1n) is 10.4. The molecule has 0 fully saturated rings. The lowest BCUT2D eigenvalue weighted by Gasteiger charge is -2.46. The van der Waals surface area contributed by atoms with Crippen LogP contribution in [-0.2, 0) is 0 Å². The Morgan fingerprint density at radius 1 is 0.893 bits per heavy atom. The number of carbonyl (C=O) groups is 1. The molecule has 4 atom stereocenters. The Bertz CT molecular complexity index is 1000. The number of allylic oxidation sites excluding steroid dienone is 4. The lowest BCUT2D eigenvalue weighted by Crippen LogP contribution is -2.44. The molecule has 2 aromatic carbocycles. The zero-order chi connectivity index (χ0) is 18.7. The minimum absolute atomic E-state index is 0.0260. The number of carbonyl (C=O) groups excluding carboxylic acids is 1. The van der Waals surface area contributed by atoms with Gasteiger partial charge in [0.25, 0.3) is 5.91 Å². The monoisotopic (exact) mass is 368 g/mol. The molecule has 2 aliphatic carbocycles. The molecule has 0 saturated carbocycles. The fourth-order valence-electron chi connectivity index (χ4n) is 5.77. The third-order valence-electron chi connectivity index (χ3n) is 7.03. The molecule has 1 N–H and O–H groups in total. The molecular weight excluding hydrogens is 344 g/mol. The molecule has 2 heterocycles. The molecule has 2 aromatic rings. The lowest BCUT2D eigenvalue weighted by molar-refractivity contribution is 0.102. The molecule has 28 heavy (non-hydrogen) atoms. The standard InChI is InChI=1S/C25H24N2O/c28-25(16-6-2-1-3-7-16)26-22-13-12-21-19-10-4-8-17(19)14-27-15-18-9-5-11-20(18)23(22)24(21)27/h1-7,10-13,17-20H,8-9,14-15H2,(H,26,28)/t17-,18+,19+,20-/m1/s1. The molecule has 0 radical (unpaired) electrons. The Labute approximate surface area is 165 Å². The Kier molecular flexibility index (Phi) is 3.52. The number of benzene rings is 2. The van der Waals surface area contributed by atoms with E-state index < -0.39 is 0 Å². The number of hydrogen-bond donors (Lipinski definition) is 1. The van der Waals surface area contributed by atoms with E-state index in [-0.39, 0.29) is 5.91 Å². The fourth-order valence-corrected chi connectivity index (χ4v) is 5.77. The number of anilines is 2. The summed E-state index contributed by atoms with van der Waals surface area (Å²) in [5.74, 6) is 2.25. The third kappa shape index (κ3) is 2.32. The van der Waals surface area contributed by atoms with Gasteiger partial charge in [0.2, 0.25) is 0 Å². The zero-order valence-electron chi connectivity index (χ0n) is 15.8. The van der Waals surface area contributed by atoms with Crippen molar-refractivity contribution in [3.05, 3.63) is 83.5 Å². The summed E-state index contributed by atoms with van der Waals surface area (Å²) >= 11 is 0. The molecule has 0 bridgehead atoms. The maximum Gasteiger partial charge on any atom is 0.255 e. The van der Waals surface area contributed by atoms with Crippen LogP contribution >= 0.6 is 0 Å². The fraction of sp³-hybridized carbons (Fsp3) is 0.320. The Morgan fingerprint density at radius 2 is 1.61 bits per heavy atom. The first-order valence-corrected chi connectivity index (χ1v) is 10.4. The second-order valence-electron chi connectivity index (χ2n) is 8.59. The molecule has 3 nitrogen and oxygen atoms in total. The molecule has 4 aliphatic rings. The van der Waals surface area contributed by atoms with Gasteiger partial charge in [-0.3, -0.25) is 4.79 Å². The van der Waals surface area contributed by atoms with Crippen LogP contribution in [-0.4, -0.2) is 19.0 Å². The topological polar surface area (TPSA) is 32.3 Å². The van der Waals surface area contributed by atoms with Crippen LogP contribution in [0.2, 0.25) is 0 Å². The first kappa shape index (κ1) is 16.2. The number of fused-ring (bicyclic) bond motifs is 4. The van der Waals surface area contributed by atoms with Gasteiger partial charge in [-0.05, 0) is 48.4 Å². The van der Waals surface area contributed by atoms with Gasteiger partial charge in [0.05, 0.1) is 0 Å². The highest BCUT2D eigenvalue weighted by molar-refractivity contribution is 6.05. The Morgan fingerprint density at radius 3 is 2.39 bits per heavy atom. The predicted molar refractivity (Wildman–Crippen MR) is 113 cm³/mol. The number of nitrogens with zero attached hydrogens (tertiary/aromatic N) is 1. The molecule has 0 saturated heterocycles. The van der Waals surface area contributed by atoms with E-state index in [1.54, 1.807) is 0 Å². The van der Waals surface area contributed by atoms with Gasteiger partial charge < -0.3 is 10.2 Å². The third-order valence-corrected chi connectivity index (χ3v) is 7.03. The highest BCUT2D eigenvalue weighted by Gasteiger charge is 2.43. The van der Waals surface area contributed by atoms with E-state index in [0.29, 0.717) is 29.2 Å².